The van der Waals surface area contributed by atoms with E-state index in [9.17, 15) is 13.2 Å². The fourth-order valence-corrected chi connectivity index (χ4v) is 6.13. The Morgan fingerprint density at radius 3 is 2.44 bits per heavy atom. The number of hydrogen-bond acceptors (Lipinski definition) is 3. The molecular weight excluding hydrogens is 407 g/mol. The Hall–Kier alpha value is -1.76. The number of hydrogen-bond donors (Lipinski definition) is 0. The highest BCUT2D eigenvalue weighted by Gasteiger charge is 2.53. The van der Waals surface area contributed by atoms with Gasteiger partial charge >= 0.3 is 6.03 Å². The van der Waals surface area contributed by atoms with Crippen LogP contribution >= 0.6 is 23.2 Å². The standard InChI is InChI=1S/C19H18Cl2N2O3S/c1-12-6-7-14(8-16(12)21)23-18-11-27(25,26)10-17(18)22(19(23)24)9-13-4-2-3-5-15(13)20/h2-8,17-18H,9-11H2,1H3/t17-,18-/m1/s1. The molecule has 0 bridgehead atoms. The highest BCUT2D eigenvalue weighted by atomic mass is 35.5. The third-order valence-electron chi connectivity index (χ3n) is 5.21. The zero-order valence-electron chi connectivity index (χ0n) is 14.6. The van der Waals surface area contributed by atoms with Crippen molar-refractivity contribution in [3.05, 3.63) is 63.6 Å². The third kappa shape index (κ3) is 3.30. The number of anilines is 1. The molecule has 0 aliphatic carbocycles. The van der Waals surface area contributed by atoms with E-state index < -0.39 is 21.9 Å². The summed E-state index contributed by atoms with van der Waals surface area (Å²) in [5, 5.41) is 1.10. The van der Waals surface area contributed by atoms with Gasteiger partial charge in [0.05, 0.1) is 23.6 Å². The topological polar surface area (TPSA) is 57.7 Å². The molecular formula is C19H18Cl2N2O3S. The molecule has 4 rings (SSSR count). The molecule has 27 heavy (non-hydrogen) atoms. The number of sulfone groups is 1. The van der Waals surface area contributed by atoms with E-state index in [1.807, 2.05) is 31.2 Å². The van der Waals surface area contributed by atoms with Gasteiger partial charge in [0.25, 0.3) is 0 Å². The molecule has 2 aliphatic heterocycles. The number of nitrogens with zero attached hydrogens (tertiary/aromatic N) is 2. The molecule has 8 heteroatoms. The minimum Gasteiger partial charge on any atom is -0.314 e. The Kier molecular flexibility index (Phi) is 4.61. The summed E-state index contributed by atoms with van der Waals surface area (Å²) < 4.78 is 24.6. The molecule has 0 radical (unpaired) electrons. The summed E-state index contributed by atoms with van der Waals surface area (Å²) in [5.74, 6) is -0.0854. The quantitative estimate of drug-likeness (QED) is 0.701. The fraction of sp³-hybridized carbons (Fsp3) is 0.316. The molecule has 2 aliphatic rings. The molecule has 2 fully saturated rings. The van der Waals surface area contributed by atoms with Crippen molar-refractivity contribution in [1.82, 2.24) is 4.90 Å². The van der Waals surface area contributed by atoms with E-state index in [0.29, 0.717) is 15.7 Å². The zero-order valence-corrected chi connectivity index (χ0v) is 16.9. The van der Waals surface area contributed by atoms with E-state index in [1.54, 1.807) is 28.0 Å². The molecule has 2 heterocycles. The predicted octanol–water partition coefficient (Wildman–Crippen LogP) is 3.91. The predicted molar refractivity (Wildman–Crippen MR) is 107 cm³/mol. The van der Waals surface area contributed by atoms with E-state index in [0.717, 1.165) is 11.1 Å². The SMILES string of the molecule is Cc1ccc(N2C(=O)N(Cc3ccccc3Cl)[C@@H]3CS(=O)(=O)C[C@H]32)cc1Cl. The summed E-state index contributed by atoms with van der Waals surface area (Å²) in [4.78, 5) is 16.4. The summed E-state index contributed by atoms with van der Waals surface area (Å²) in [6.07, 6.45) is 0. The molecule has 5 nitrogen and oxygen atoms in total. The second-order valence-corrected chi connectivity index (χ2v) is 9.99. The second-order valence-electron chi connectivity index (χ2n) is 7.02. The van der Waals surface area contributed by atoms with Gasteiger partial charge in [0.15, 0.2) is 9.84 Å². The van der Waals surface area contributed by atoms with Crippen molar-refractivity contribution < 1.29 is 13.2 Å². The molecule has 0 spiro atoms. The molecule has 2 aromatic carbocycles. The molecule has 0 unspecified atom stereocenters. The fourth-order valence-electron chi connectivity index (χ4n) is 3.81. The van der Waals surface area contributed by atoms with Gasteiger partial charge in [-0.05, 0) is 36.2 Å². The maximum absolute atomic E-state index is 13.2. The zero-order chi connectivity index (χ0) is 19.3. The average molecular weight is 425 g/mol. The summed E-state index contributed by atoms with van der Waals surface area (Å²) in [7, 11) is -3.22. The second kappa shape index (κ2) is 6.69. The van der Waals surface area contributed by atoms with Crippen LogP contribution in [0.2, 0.25) is 10.0 Å². The van der Waals surface area contributed by atoms with Crippen LogP contribution in [0.1, 0.15) is 11.1 Å². The van der Waals surface area contributed by atoms with Crippen molar-refractivity contribution >= 4 is 44.8 Å². The third-order valence-corrected chi connectivity index (χ3v) is 7.68. The number of benzene rings is 2. The van der Waals surface area contributed by atoms with Crippen molar-refractivity contribution in [2.45, 2.75) is 25.6 Å². The van der Waals surface area contributed by atoms with Gasteiger partial charge in [0.2, 0.25) is 0 Å². The van der Waals surface area contributed by atoms with Crippen molar-refractivity contribution in [2.24, 2.45) is 0 Å². The number of carbonyl (C=O) groups is 1. The summed E-state index contributed by atoms with van der Waals surface area (Å²) in [5.41, 5.74) is 2.30. The van der Waals surface area contributed by atoms with Crippen molar-refractivity contribution in [3.8, 4) is 0 Å². The van der Waals surface area contributed by atoms with Gasteiger partial charge in [-0.3, -0.25) is 4.90 Å². The summed E-state index contributed by atoms with van der Waals surface area (Å²) in [6.45, 7) is 2.15. The van der Waals surface area contributed by atoms with Crippen LogP contribution in [0.25, 0.3) is 0 Å². The van der Waals surface area contributed by atoms with Crippen molar-refractivity contribution in [1.29, 1.82) is 0 Å². The highest BCUT2D eigenvalue weighted by Crippen LogP contribution is 2.37. The van der Waals surface area contributed by atoms with Gasteiger partial charge in [-0.25, -0.2) is 13.2 Å². The number of rotatable bonds is 3. The van der Waals surface area contributed by atoms with Crippen LogP contribution in [0.15, 0.2) is 42.5 Å². The van der Waals surface area contributed by atoms with E-state index in [4.69, 9.17) is 23.2 Å². The number of carbonyl (C=O) groups excluding carboxylic acids is 1. The minimum absolute atomic E-state index is 0.0377. The van der Waals surface area contributed by atoms with Gasteiger partial charge in [-0.2, -0.15) is 0 Å². The summed E-state index contributed by atoms with van der Waals surface area (Å²) in [6, 6.07) is 11.6. The number of fused-ring (bicyclic) bond motifs is 1. The van der Waals surface area contributed by atoms with Crippen molar-refractivity contribution in [2.75, 3.05) is 16.4 Å². The Bertz CT molecular complexity index is 1030. The molecule has 0 aromatic heterocycles. The van der Waals surface area contributed by atoms with E-state index >= 15 is 0 Å². The molecule has 142 valence electrons. The average Bonchev–Trinajstić information content (AvgIpc) is 3.03. The lowest BCUT2D eigenvalue weighted by molar-refractivity contribution is 0.206. The van der Waals surface area contributed by atoms with Crippen molar-refractivity contribution in [3.63, 3.8) is 0 Å². The molecule has 0 saturated carbocycles. The largest absolute Gasteiger partial charge is 0.325 e. The molecule has 2 saturated heterocycles. The van der Waals surface area contributed by atoms with Crippen LogP contribution in [-0.4, -0.2) is 42.9 Å². The molecule has 0 N–H and O–H groups in total. The maximum atomic E-state index is 13.2. The lowest BCUT2D eigenvalue weighted by atomic mass is 10.1. The van der Waals surface area contributed by atoms with E-state index in [1.165, 1.54) is 0 Å². The van der Waals surface area contributed by atoms with E-state index in [-0.39, 0.29) is 24.1 Å². The van der Waals surface area contributed by atoms with Crippen LogP contribution < -0.4 is 4.90 Å². The van der Waals surface area contributed by atoms with Crippen LogP contribution in [0.4, 0.5) is 10.5 Å². The van der Waals surface area contributed by atoms with Gasteiger partial charge in [0.1, 0.15) is 0 Å². The first-order chi connectivity index (χ1) is 12.8. The van der Waals surface area contributed by atoms with Crippen LogP contribution in [-0.2, 0) is 16.4 Å². The van der Waals surface area contributed by atoms with Crippen LogP contribution in [0, 0.1) is 6.92 Å². The first-order valence-electron chi connectivity index (χ1n) is 8.56. The number of aryl methyl sites for hydroxylation is 1. The first-order valence-corrected chi connectivity index (χ1v) is 11.1. The highest BCUT2D eigenvalue weighted by molar-refractivity contribution is 7.91. The maximum Gasteiger partial charge on any atom is 0.325 e. The lowest BCUT2D eigenvalue weighted by Crippen LogP contribution is -2.37. The normalized spacial score (nSPS) is 23.7. The van der Waals surface area contributed by atoms with Gasteiger partial charge < -0.3 is 4.90 Å². The summed E-state index contributed by atoms with van der Waals surface area (Å²) >= 11 is 12.5. The lowest BCUT2D eigenvalue weighted by Gasteiger charge is -2.23. The molecule has 2 amide bonds. The number of urea groups is 1. The Balaban J connectivity index is 1.74. The Morgan fingerprint density at radius 2 is 1.74 bits per heavy atom. The van der Waals surface area contributed by atoms with Gasteiger partial charge in [-0.1, -0.05) is 47.5 Å². The van der Waals surface area contributed by atoms with Crippen LogP contribution in [0.3, 0.4) is 0 Å². The molecule has 2 aromatic rings. The van der Waals surface area contributed by atoms with Gasteiger partial charge in [0, 0.05) is 22.3 Å². The number of halogens is 2. The number of amides is 2. The molecule has 2 atom stereocenters. The van der Waals surface area contributed by atoms with Crippen LogP contribution in [0.5, 0.6) is 0 Å². The Labute approximate surface area is 168 Å². The van der Waals surface area contributed by atoms with Gasteiger partial charge in [-0.15, -0.1) is 0 Å². The Morgan fingerprint density at radius 1 is 1.04 bits per heavy atom. The monoisotopic (exact) mass is 424 g/mol. The van der Waals surface area contributed by atoms with E-state index in [2.05, 4.69) is 0 Å². The first kappa shape index (κ1) is 18.6. The minimum atomic E-state index is -3.22. The smallest absolute Gasteiger partial charge is 0.314 e.